The molecule has 0 unspecified atom stereocenters. The van der Waals surface area contributed by atoms with Crippen molar-refractivity contribution in [2.24, 2.45) is 0 Å². The largest absolute Gasteiger partial charge is 0.315 e. The van der Waals surface area contributed by atoms with E-state index in [2.05, 4.69) is 30.6 Å². The smallest absolute Gasteiger partial charge is 0.0107 e. The van der Waals surface area contributed by atoms with Gasteiger partial charge in [-0.05, 0) is 32.5 Å². The van der Waals surface area contributed by atoms with Crippen LogP contribution in [0.5, 0.6) is 0 Å². The number of hydrogen-bond donors (Lipinski definition) is 1. The van der Waals surface area contributed by atoms with Gasteiger partial charge >= 0.3 is 0 Å². The highest BCUT2D eigenvalue weighted by Gasteiger charge is 1.96. The van der Waals surface area contributed by atoms with Crippen molar-refractivity contribution in [1.29, 1.82) is 0 Å². The molecule has 0 aliphatic carbocycles. The van der Waals surface area contributed by atoms with Crippen LogP contribution in [0.1, 0.15) is 26.7 Å². The summed E-state index contributed by atoms with van der Waals surface area (Å²) in [5.74, 6) is 0. The van der Waals surface area contributed by atoms with Gasteiger partial charge in [-0.1, -0.05) is 19.9 Å². The zero-order valence-corrected chi connectivity index (χ0v) is 9.18. The highest BCUT2D eigenvalue weighted by atomic mass is 15.1. The maximum Gasteiger partial charge on any atom is 0.0107 e. The number of likely N-dealkylation sites (N-methyl/N-ethyl adjacent to an activating group) is 1. The molecule has 0 heterocycles. The molecular weight excluding hydrogens is 160 g/mol. The molecule has 2 nitrogen and oxygen atoms in total. The minimum Gasteiger partial charge on any atom is -0.315 e. The molecule has 0 saturated carbocycles. The van der Waals surface area contributed by atoms with Gasteiger partial charge in [0.25, 0.3) is 0 Å². The summed E-state index contributed by atoms with van der Waals surface area (Å²) in [7, 11) is 0. The number of nitrogens with zero attached hydrogens (tertiary/aromatic N) is 1. The molecule has 0 atom stereocenters. The van der Waals surface area contributed by atoms with E-state index in [4.69, 9.17) is 0 Å². The summed E-state index contributed by atoms with van der Waals surface area (Å²) >= 11 is 0. The van der Waals surface area contributed by atoms with Crippen LogP contribution < -0.4 is 5.32 Å². The second-order valence-corrected chi connectivity index (χ2v) is 3.21. The van der Waals surface area contributed by atoms with Crippen molar-refractivity contribution in [3.63, 3.8) is 0 Å². The molecule has 0 saturated heterocycles. The van der Waals surface area contributed by atoms with Gasteiger partial charge in [0.15, 0.2) is 0 Å². The lowest BCUT2D eigenvalue weighted by molar-refractivity contribution is 0.302. The molecule has 78 valence electrons. The Hall–Kier alpha value is -0.340. The van der Waals surface area contributed by atoms with E-state index >= 15 is 0 Å². The van der Waals surface area contributed by atoms with Crippen LogP contribution in [-0.4, -0.2) is 37.6 Å². The fraction of sp³-hybridized carbons (Fsp3) is 0.818. The first-order valence-corrected chi connectivity index (χ1v) is 5.39. The molecule has 0 radical (unpaired) electrons. The second kappa shape index (κ2) is 9.75. The van der Waals surface area contributed by atoms with Gasteiger partial charge in [-0.25, -0.2) is 0 Å². The quantitative estimate of drug-likeness (QED) is 0.435. The normalized spacial score (nSPS) is 10.7. The summed E-state index contributed by atoms with van der Waals surface area (Å²) in [5.41, 5.74) is 0. The third kappa shape index (κ3) is 8.00. The van der Waals surface area contributed by atoms with E-state index < -0.39 is 0 Å². The molecule has 0 bridgehead atoms. The number of allylic oxidation sites excluding steroid dienone is 1. The van der Waals surface area contributed by atoms with Gasteiger partial charge in [-0.2, -0.15) is 0 Å². The molecule has 0 rings (SSSR count). The summed E-state index contributed by atoms with van der Waals surface area (Å²) in [6.45, 7) is 13.8. The van der Waals surface area contributed by atoms with E-state index in [1.807, 2.05) is 6.08 Å². The summed E-state index contributed by atoms with van der Waals surface area (Å²) in [4.78, 5) is 2.43. The zero-order chi connectivity index (χ0) is 9.94. The third-order valence-corrected chi connectivity index (χ3v) is 2.26. The monoisotopic (exact) mass is 184 g/mol. The Labute approximate surface area is 83.0 Å². The van der Waals surface area contributed by atoms with Crippen molar-refractivity contribution in [3.05, 3.63) is 12.7 Å². The number of unbranched alkanes of at least 4 members (excludes halogenated alkanes) is 1. The maximum absolute atomic E-state index is 3.70. The minimum atomic E-state index is 1.11. The minimum absolute atomic E-state index is 1.11. The molecule has 13 heavy (non-hydrogen) atoms. The zero-order valence-electron chi connectivity index (χ0n) is 9.18. The SMILES string of the molecule is C=CCCCNCCN(CC)CC. The lowest BCUT2D eigenvalue weighted by atomic mass is 10.3. The number of nitrogens with one attached hydrogen (secondary N) is 1. The Morgan fingerprint density at radius 3 is 2.46 bits per heavy atom. The standard InChI is InChI=1S/C11H24N2/c1-4-7-8-9-12-10-11-13(5-2)6-3/h4,12H,1,5-11H2,2-3H3. The molecule has 1 N–H and O–H groups in total. The molecule has 0 aliphatic rings. The summed E-state index contributed by atoms with van der Waals surface area (Å²) in [5, 5.41) is 3.43. The predicted octanol–water partition coefficient (Wildman–Crippen LogP) is 1.88. The summed E-state index contributed by atoms with van der Waals surface area (Å²) in [6.07, 6.45) is 4.31. The topological polar surface area (TPSA) is 15.3 Å². The molecule has 0 amide bonds. The van der Waals surface area contributed by atoms with Crippen LogP contribution in [0.4, 0.5) is 0 Å². The van der Waals surface area contributed by atoms with E-state index in [9.17, 15) is 0 Å². The van der Waals surface area contributed by atoms with Crippen molar-refractivity contribution in [2.45, 2.75) is 26.7 Å². The Bertz CT molecular complexity index is 109. The fourth-order valence-electron chi connectivity index (χ4n) is 1.27. The van der Waals surface area contributed by atoms with Crippen LogP contribution in [0.2, 0.25) is 0 Å². The molecule has 0 aromatic carbocycles. The fourth-order valence-corrected chi connectivity index (χ4v) is 1.27. The maximum atomic E-state index is 3.70. The van der Waals surface area contributed by atoms with Gasteiger partial charge in [0.1, 0.15) is 0 Å². The van der Waals surface area contributed by atoms with Crippen LogP contribution in [0.25, 0.3) is 0 Å². The number of rotatable bonds is 9. The number of hydrogen-bond acceptors (Lipinski definition) is 2. The van der Waals surface area contributed by atoms with Gasteiger partial charge in [0.05, 0.1) is 0 Å². The van der Waals surface area contributed by atoms with Gasteiger partial charge in [-0.3, -0.25) is 0 Å². The first-order chi connectivity index (χ1) is 6.35. The van der Waals surface area contributed by atoms with E-state index in [-0.39, 0.29) is 0 Å². The highest BCUT2D eigenvalue weighted by Crippen LogP contribution is 1.87. The molecular formula is C11H24N2. The highest BCUT2D eigenvalue weighted by molar-refractivity contribution is 4.66. The van der Waals surface area contributed by atoms with Crippen molar-refractivity contribution in [1.82, 2.24) is 10.2 Å². The van der Waals surface area contributed by atoms with Crippen molar-refractivity contribution in [2.75, 3.05) is 32.7 Å². The van der Waals surface area contributed by atoms with Gasteiger partial charge in [0.2, 0.25) is 0 Å². The average molecular weight is 184 g/mol. The lowest BCUT2D eigenvalue weighted by Crippen LogP contribution is -2.32. The average Bonchev–Trinajstić information content (AvgIpc) is 2.17. The van der Waals surface area contributed by atoms with Crippen molar-refractivity contribution < 1.29 is 0 Å². The molecule has 0 aromatic heterocycles. The summed E-state index contributed by atoms with van der Waals surface area (Å²) < 4.78 is 0. The van der Waals surface area contributed by atoms with Gasteiger partial charge in [0, 0.05) is 13.1 Å². The van der Waals surface area contributed by atoms with E-state index in [0.29, 0.717) is 0 Å². The Balaban J connectivity index is 3.09. The molecule has 2 heteroatoms. The Morgan fingerprint density at radius 1 is 1.23 bits per heavy atom. The van der Waals surface area contributed by atoms with Gasteiger partial charge < -0.3 is 10.2 Å². The predicted molar refractivity (Wildman–Crippen MR) is 60.1 cm³/mol. The molecule has 0 aliphatic heterocycles. The first kappa shape index (κ1) is 12.7. The van der Waals surface area contributed by atoms with Crippen molar-refractivity contribution in [3.8, 4) is 0 Å². The van der Waals surface area contributed by atoms with Crippen LogP contribution in [-0.2, 0) is 0 Å². The third-order valence-electron chi connectivity index (χ3n) is 2.26. The second-order valence-electron chi connectivity index (χ2n) is 3.21. The van der Waals surface area contributed by atoms with Crippen molar-refractivity contribution >= 4 is 0 Å². The van der Waals surface area contributed by atoms with E-state index in [0.717, 1.165) is 32.6 Å². The molecule has 0 spiro atoms. The van der Waals surface area contributed by atoms with Crippen LogP contribution in [0.3, 0.4) is 0 Å². The lowest BCUT2D eigenvalue weighted by Gasteiger charge is -2.17. The molecule has 0 fully saturated rings. The van der Waals surface area contributed by atoms with Crippen LogP contribution in [0, 0.1) is 0 Å². The Kier molecular flexibility index (Phi) is 9.49. The van der Waals surface area contributed by atoms with Crippen LogP contribution >= 0.6 is 0 Å². The van der Waals surface area contributed by atoms with E-state index in [1.54, 1.807) is 0 Å². The summed E-state index contributed by atoms with van der Waals surface area (Å²) in [6, 6.07) is 0. The first-order valence-electron chi connectivity index (χ1n) is 5.39. The Morgan fingerprint density at radius 2 is 1.92 bits per heavy atom. The van der Waals surface area contributed by atoms with Gasteiger partial charge in [-0.15, -0.1) is 6.58 Å². The van der Waals surface area contributed by atoms with E-state index in [1.165, 1.54) is 13.0 Å². The van der Waals surface area contributed by atoms with Crippen LogP contribution in [0.15, 0.2) is 12.7 Å². The molecule has 0 aromatic rings.